The molecular weight excluding hydrogens is 252 g/mol. The topological polar surface area (TPSA) is 58.9 Å². The van der Waals surface area contributed by atoms with Crippen LogP contribution in [-0.4, -0.2) is 22.0 Å². The van der Waals surface area contributed by atoms with Gasteiger partial charge in [0.05, 0.1) is 6.33 Å². The summed E-state index contributed by atoms with van der Waals surface area (Å²) in [4.78, 5) is 15.9. The number of nitrogens with zero attached hydrogens (tertiary/aromatic N) is 2. The first-order valence-electron chi connectivity index (χ1n) is 6.78. The van der Waals surface area contributed by atoms with Crippen molar-refractivity contribution in [1.82, 2.24) is 14.9 Å². The molecule has 0 saturated heterocycles. The molecule has 0 aliphatic carbocycles. The highest BCUT2D eigenvalue weighted by Gasteiger charge is 2.08. The summed E-state index contributed by atoms with van der Waals surface area (Å²) in [7, 11) is 1.84. The molecule has 1 amide bonds. The highest BCUT2D eigenvalue weighted by Crippen LogP contribution is 2.10. The van der Waals surface area contributed by atoms with Crippen LogP contribution >= 0.6 is 0 Å². The van der Waals surface area contributed by atoms with Crippen molar-refractivity contribution in [3.8, 4) is 0 Å². The lowest BCUT2D eigenvalue weighted by Crippen LogP contribution is -2.14. The summed E-state index contributed by atoms with van der Waals surface area (Å²) in [6.07, 6.45) is 4.42. The van der Waals surface area contributed by atoms with E-state index in [1.54, 1.807) is 17.1 Å². The van der Waals surface area contributed by atoms with Gasteiger partial charge in [-0.05, 0) is 30.7 Å². The van der Waals surface area contributed by atoms with Crippen LogP contribution in [0.15, 0.2) is 36.8 Å². The maximum atomic E-state index is 11.9. The summed E-state index contributed by atoms with van der Waals surface area (Å²) >= 11 is 0. The van der Waals surface area contributed by atoms with Gasteiger partial charge in [-0.1, -0.05) is 19.1 Å². The molecule has 0 aliphatic rings. The summed E-state index contributed by atoms with van der Waals surface area (Å²) in [5.41, 5.74) is 2.40. The molecule has 106 valence electrons. The van der Waals surface area contributed by atoms with Gasteiger partial charge in [-0.2, -0.15) is 0 Å². The van der Waals surface area contributed by atoms with Gasteiger partial charge < -0.3 is 15.2 Å². The predicted molar refractivity (Wildman–Crippen MR) is 79.6 cm³/mol. The van der Waals surface area contributed by atoms with Crippen LogP contribution in [-0.2, 0) is 13.6 Å². The van der Waals surface area contributed by atoms with Crippen molar-refractivity contribution in [2.45, 2.75) is 19.9 Å². The molecule has 2 N–H and O–H groups in total. The Hall–Kier alpha value is -2.14. The quantitative estimate of drug-likeness (QED) is 0.792. The molecule has 0 radical (unpaired) electrons. The van der Waals surface area contributed by atoms with Gasteiger partial charge in [0, 0.05) is 25.5 Å². The minimum atomic E-state index is -0.192. The molecule has 0 fully saturated rings. The van der Waals surface area contributed by atoms with Crippen molar-refractivity contribution in [1.29, 1.82) is 0 Å². The Labute approximate surface area is 119 Å². The van der Waals surface area contributed by atoms with E-state index in [2.05, 4.69) is 22.5 Å². The van der Waals surface area contributed by atoms with E-state index in [0.717, 1.165) is 25.2 Å². The van der Waals surface area contributed by atoms with Crippen molar-refractivity contribution in [3.63, 3.8) is 0 Å². The van der Waals surface area contributed by atoms with E-state index in [1.165, 1.54) is 5.56 Å². The van der Waals surface area contributed by atoms with E-state index in [4.69, 9.17) is 0 Å². The molecule has 2 rings (SSSR count). The number of rotatable bonds is 6. The predicted octanol–water partition coefficient (Wildman–Crippen LogP) is 2.17. The zero-order valence-corrected chi connectivity index (χ0v) is 11.9. The molecule has 1 aromatic heterocycles. The normalized spacial score (nSPS) is 10.5. The number of carbonyl (C=O) groups is 1. The molecule has 0 bridgehead atoms. The van der Waals surface area contributed by atoms with Gasteiger partial charge in [-0.15, -0.1) is 0 Å². The van der Waals surface area contributed by atoms with E-state index >= 15 is 0 Å². The van der Waals surface area contributed by atoms with Crippen molar-refractivity contribution < 1.29 is 4.79 Å². The van der Waals surface area contributed by atoms with Crippen LogP contribution in [0.2, 0.25) is 0 Å². The van der Waals surface area contributed by atoms with Gasteiger partial charge in [0.25, 0.3) is 5.91 Å². The zero-order valence-electron chi connectivity index (χ0n) is 11.9. The average molecular weight is 272 g/mol. The Morgan fingerprint density at radius 3 is 2.65 bits per heavy atom. The number of aromatic nitrogens is 2. The number of aryl methyl sites for hydroxylation is 1. The molecule has 0 spiro atoms. The molecule has 0 unspecified atom stereocenters. The first kappa shape index (κ1) is 14.3. The maximum Gasteiger partial charge on any atom is 0.275 e. The number of hydrogen-bond donors (Lipinski definition) is 2. The first-order chi connectivity index (χ1) is 9.69. The Bertz CT molecular complexity index is 560. The molecular formula is C15H20N4O. The second-order valence-electron chi connectivity index (χ2n) is 4.75. The highest BCUT2D eigenvalue weighted by molar-refractivity contribution is 6.02. The number of carbonyl (C=O) groups excluding carboxylic acids is 1. The molecule has 0 atom stereocenters. The lowest BCUT2D eigenvalue weighted by atomic mass is 10.2. The Kier molecular flexibility index (Phi) is 4.90. The minimum absolute atomic E-state index is 0.192. The van der Waals surface area contributed by atoms with E-state index in [9.17, 15) is 4.79 Å². The van der Waals surface area contributed by atoms with Crippen LogP contribution in [0.4, 0.5) is 5.69 Å². The third-order valence-electron chi connectivity index (χ3n) is 2.91. The molecule has 2 aromatic rings. The third kappa shape index (κ3) is 3.93. The molecule has 1 heterocycles. The standard InChI is InChI=1S/C15H20N4O/c1-3-8-16-9-12-4-6-13(7-5-12)18-15(20)14-10-19(2)11-17-14/h4-7,10-11,16H,3,8-9H2,1-2H3,(H,18,20). The highest BCUT2D eigenvalue weighted by atomic mass is 16.1. The molecule has 5 heteroatoms. The third-order valence-corrected chi connectivity index (χ3v) is 2.91. The SMILES string of the molecule is CCCNCc1ccc(NC(=O)c2cn(C)cn2)cc1. The summed E-state index contributed by atoms with van der Waals surface area (Å²) in [6, 6.07) is 7.83. The monoisotopic (exact) mass is 272 g/mol. The second-order valence-corrected chi connectivity index (χ2v) is 4.75. The number of amides is 1. The van der Waals surface area contributed by atoms with Crippen molar-refractivity contribution in [3.05, 3.63) is 48.0 Å². The summed E-state index contributed by atoms with van der Waals surface area (Å²) in [5.74, 6) is -0.192. The van der Waals surface area contributed by atoms with Crippen LogP contribution < -0.4 is 10.6 Å². The Balaban J connectivity index is 1.91. The van der Waals surface area contributed by atoms with E-state index in [-0.39, 0.29) is 5.91 Å². The summed E-state index contributed by atoms with van der Waals surface area (Å²) in [6.45, 7) is 4.00. The van der Waals surface area contributed by atoms with Gasteiger partial charge >= 0.3 is 0 Å². The lowest BCUT2D eigenvalue weighted by molar-refractivity contribution is 0.102. The Morgan fingerprint density at radius 1 is 1.30 bits per heavy atom. The molecule has 5 nitrogen and oxygen atoms in total. The van der Waals surface area contributed by atoms with Crippen LogP contribution in [0.25, 0.3) is 0 Å². The molecule has 1 aromatic carbocycles. The zero-order chi connectivity index (χ0) is 14.4. The van der Waals surface area contributed by atoms with Gasteiger partial charge in [-0.3, -0.25) is 4.79 Å². The largest absolute Gasteiger partial charge is 0.340 e. The fourth-order valence-electron chi connectivity index (χ4n) is 1.84. The van der Waals surface area contributed by atoms with Crippen LogP contribution in [0.5, 0.6) is 0 Å². The fraction of sp³-hybridized carbons (Fsp3) is 0.333. The van der Waals surface area contributed by atoms with Crippen molar-refractivity contribution in [2.24, 2.45) is 7.05 Å². The number of hydrogen-bond acceptors (Lipinski definition) is 3. The van der Waals surface area contributed by atoms with Gasteiger partial charge in [0.15, 0.2) is 0 Å². The summed E-state index contributed by atoms with van der Waals surface area (Å²) in [5, 5.41) is 6.17. The van der Waals surface area contributed by atoms with E-state index in [0.29, 0.717) is 5.69 Å². The van der Waals surface area contributed by atoms with Crippen LogP contribution in [0.3, 0.4) is 0 Å². The lowest BCUT2D eigenvalue weighted by Gasteiger charge is -2.06. The van der Waals surface area contributed by atoms with E-state index < -0.39 is 0 Å². The smallest absolute Gasteiger partial charge is 0.275 e. The minimum Gasteiger partial charge on any atom is -0.340 e. The van der Waals surface area contributed by atoms with Crippen LogP contribution in [0, 0.1) is 0 Å². The molecule has 0 saturated carbocycles. The van der Waals surface area contributed by atoms with Gasteiger partial charge in [-0.25, -0.2) is 4.98 Å². The maximum absolute atomic E-state index is 11.9. The first-order valence-corrected chi connectivity index (χ1v) is 6.78. The van der Waals surface area contributed by atoms with Crippen molar-refractivity contribution in [2.75, 3.05) is 11.9 Å². The molecule has 0 aliphatic heterocycles. The van der Waals surface area contributed by atoms with Crippen molar-refractivity contribution >= 4 is 11.6 Å². The van der Waals surface area contributed by atoms with Gasteiger partial charge in [0.1, 0.15) is 5.69 Å². The van der Waals surface area contributed by atoms with E-state index in [1.807, 2.05) is 31.3 Å². The van der Waals surface area contributed by atoms with Crippen LogP contribution in [0.1, 0.15) is 29.4 Å². The number of anilines is 1. The number of nitrogens with one attached hydrogen (secondary N) is 2. The Morgan fingerprint density at radius 2 is 2.05 bits per heavy atom. The summed E-state index contributed by atoms with van der Waals surface area (Å²) < 4.78 is 1.75. The fourth-order valence-corrected chi connectivity index (χ4v) is 1.84. The molecule has 20 heavy (non-hydrogen) atoms. The number of imidazole rings is 1. The van der Waals surface area contributed by atoms with Gasteiger partial charge in [0.2, 0.25) is 0 Å². The average Bonchev–Trinajstić information content (AvgIpc) is 2.88. The second kappa shape index (κ2) is 6.86. The number of benzene rings is 1.